The van der Waals surface area contributed by atoms with E-state index in [0.717, 1.165) is 38.2 Å². The van der Waals surface area contributed by atoms with E-state index >= 15 is 0 Å². The van der Waals surface area contributed by atoms with Crippen LogP contribution in [-0.2, 0) is 4.74 Å². The SMILES string of the molecule is CN1CCN(c2ccc(/C=C(\C#N)SNC(C)(C)CCOC(C)(C)C)cc2)CC1. The van der Waals surface area contributed by atoms with Crippen LogP contribution in [-0.4, -0.2) is 55.9 Å². The molecule has 0 spiro atoms. The topological polar surface area (TPSA) is 51.5 Å². The van der Waals surface area contributed by atoms with Gasteiger partial charge in [0.1, 0.15) is 11.0 Å². The second-order valence-electron chi connectivity index (χ2n) is 9.30. The number of nitriles is 1. The molecule has 1 aliphatic rings. The maximum absolute atomic E-state index is 9.53. The van der Waals surface area contributed by atoms with Crippen LogP contribution >= 0.6 is 11.9 Å². The van der Waals surface area contributed by atoms with Crippen molar-refractivity contribution in [3.63, 3.8) is 0 Å². The normalized spacial score (nSPS) is 16.7. The van der Waals surface area contributed by atoms with Gasteiger partial charge in [-0.05, 0) is 83.8 Å². The summed E-state index contributed by atoms with van der Waals surface area (Å²) in [6, 6.07) is 10.8. The summed E-state index contributed by atoms with van der Waals surface area (Å²) in [6.07, 6.45) is 2.81. The second-order valence-corrected chi connectivity index (χ2v) is 10.1. The van der Waals surface area contributed by atoms with Gasteiger partial charge < -0.3 is 14.5 Å². The molecule has 0 aliphatic carbocycles. The lowest BCUT2D eigenvalue weighted by atomic mass is 10.0. The number of allylic oxidation sites excluding steroid dienone is 1. The summed E-state index contributed by atoms with van der Waals surface area (Å²) in [5.74, 6) is 0. The summed E-state index contributed by atoms with van der Waals surface area (Å²) in [7, 11) is 2.17. The van der Waals surface area contributed by atoms with Crippen molar-refractivity contribution < 1.29 is 4.74 Å². The van der Waals surface area contributed by atoms with Crippen molar-refractivity contribution in [1.29, 1.82) is 5.26 Å². The quantitative estimate of drug-likeness (QED) is 0.496. The van der Waals surface area contributed by atoms with E-state index in [1.165, 1.54) is 17.6 Å². The van der Waals surface area contributed by atoms with Crippen LogP contribution < -0.4 is 9.62 Å². The van der Waals surface area contributed by atoms with Crippen molar-refractivity contribution in [2.45, 2.75) is 52.2 Å². The first-order valence-electron chi connectivity index (χ1n) is 10.3. The van der Waals surface area contributed by atoms with E-state index < -0.39 is 0 Å². The lowest BCUT2D eigenvalue weighted by Crippen LogP contribution is -2.44. The van der Waals surface area contributed by atoms with Gasteiger partial charge in [0.25, 0.3) is 0 Å². The third-order valence-electron chi connectivity index (χ3n) is 4.87. The molecule has 1 aromatic rings. The van der Waals surface area contributed by atoms with Gasteiger partial charge in [-0.3, -0.25) is 4.72 Å². The highest BCUT2D eigenvalue weighted by atomic mass is 32.2. The Bertz CT molecular complexity index is 708. The largest absolute Gasteiger partial charge is 0.376 e. The van der Waals surface area contributed by atoms with Gasteiger partial charge in [-0.2, -0.15) is 5.26 Å². The molecule has 0 amide bonds. The molecular formula is C23H36N4OS. The number of nitrogens with one attached hydrogen (secondary N) is 1. The predicted molar refractivity (Wildman–Crippen MR) is 125 cm³/mol. The minimum atomic E-state index is -0.128. The summed E-state index contributed by atoms with van der Waals surface area (Å²) >= 11 is 1.39. The number of nitrogens with zero attached hydrogens (tertiary/aromatic N) is 3. The summed E-state index contributed by atoms with van der Waals surface area (Å²) < 4.78 is 9.24. The van der Waals surface area contributed by atoms with Gasteiger partial charge in [0.2, 0.25) is 0 Å². The Morgan fingerprint density at radius 2 is 1.76 bits per heavy atom. The van der Waals surface area contributed by atoms with Crippen molar-refractivity contribution in [3.05, 3.63) is 34.7 Å². The van der Waals surface area contributed by atoms with Gasteiger partial charge in [0.05, 0.1) is 5.60 Å². The Balaban J connectivity index is 1.89. The van der Waals surface area contributed by atoms with Crippen molar-refractivity contribution in [1.82, 2.24) is 9.62 Å². The van der Waals surface area contributed by atoms with E-state index in [1.54, 1.807) is 0 Å². The fourth-order valence-corrected chi connectivity index (χ4v) is 3.67. The fourth-order valence-electron chi connectivity index (χ4n) is 2.94. The van der Waals surface area contributed by atoms with Crippen LogP contribution in [0.1, 0.15) is 46.6 Å². The van der Waals surface area contributed by atoms with Crippen molar-refractivity contribution in [3.8, 4) is 6.07 Å². The summed E-state index contributed by atoms with van der Waals surface area (Å²) in [5, 5.41) is 9.53. The molecule has 0 radical (unpaired) electrons. The lowest BCUT2D eigenvalue weighted by molar-refractivity contribution is -0.0101. The molecule has 2 rings (SSSR count). The highest BCUT2D eigenvalue weighted by molar-refractivity contribution is 8.01. The zero-order chi connectivity index (χ0) is 21.5. The Kier molecular flexibility index (Phi) is 8.59. The molecule has 160 valence electrons. The van der Waals surface area contributed by atoms with Crippen LogP contribution in [0.15, 0.2) is 29.2 Å². The number of anilines is 1. The van der Waals surface area contributed by atoms with Crippen LogP contribution in [0.3, 0.4) is 0 Å². The molecule has 6 heteroatoms. The monoisotopic (exact) mass is 416 g/mol. The van der Waals surface area contributed by atoms with Gasteiger partial charge in [-0.1, -0.05) is 12.1 Å². The number of benzene rings is 1. The lowest BCUT2D eigenvalue weighted by Gasteiger charge is -2.34. The van der Waals surface area contributed by atoms with Crippen molar-refractivity contribution in [2.75, 3.05) is 44.7 Å². The minimum Gasteiger partial charge on any atom is -0.376 e. The van der Waals surface area contributed by atoms with Crippen LogP contribution in [0.25, 0.3) is 6.08 Å². The Hall–Kier alpha value is -1.52. The van der Waals surface area contributed by atoms with Crippen LogP contribution in [0.4, 0.5) is 5.69 Å². The maximum atomic E-state index is 9.53. The van der Waals surface area contributed by atoms with Crippen molar-refractivity contribution in [2.24, 2.45) is 0 Å². The molecule has 1 aromatic carbocycles. The molecule has 29 heavy (non-hydrogen) atoms. The third kappa shape index (κ3) is 8.79. The number of hydrogen-bond donors (Lipinski definition) is 1. The molecule has 1 fully saturated rings. The zero-order valence-electron chi connectivity index (χ0n) is 18.8. The third-order valence-corrected chi connectivity index (χ3v) is 5.95. The first kappa shape index (κ1) is 23.8. The number of rotatable bonds is 8. The number of hydrogen-bond acceptors (Lipinski definition) is 6. The van der Waals surface area contributed by atoms with E-state index in [-0.39, 0.29) is 11.1 Å². The van der Waals surface area contributed by atoms with E-state index in [9.17, 15) is 5.26 Å². The Morgan fingerprint density at radius 1 is 1.14 bits per heavy atom. The summed E-state index contributed by atoms with van der Waals surface area (Å²) in [5.41, 5.74) is 2.04. The smallest absolute Gasteiger partial charge is 0.107 e. The number of ether oxygens (including phenoxy) is 1. The molecule has 1 saturated heterocycles. The molecule has 1 aliphatic heterocycles. The van der Waals surface area contributed by atoms with Crippen LogP contribution in [0.5, 0.6) is 0 Å². The standard InChI is InChI=1S/C23H36N4OS/c1-22(2,3)28-16-11-23(4,5)25-29-21(18-24)17-19-7-9-20(10-8-19)27-14-12-26(6)13-15-27/h7-10,17,25H,11-16H2,1-6H3/b21-17+. The number of piperazine rings is 1. The van der Waals surface area contributed by atoms with Gasteiger partial charge in [0, 0.05) is 44.0 Å². The van der Waals surface area contributed by atoms with Crippen LogP contribution in [0, 0.1) is 11.3 Å². The van der Waals surface area contributed by atoms with E-state index in [1.807, 2.05) is 6.08 Å². The summed E-state index contributed by atoms with van der Waals surface area (Å²) in [6.45, 7) is 15.4. The van der Waals surface area contributed by atoms with Crippen LogP contribution in [0.2, 0.25) is 0 Å². The molecule has 5 nitrogen and oxygen atoms in total. The average molecular weight is 417 g/mol. The van der Waals surface area contributed by atoms with E-state index in [4.69, 9.17) is 4.74 Å². The molecule has 0 unspecified atom stereocenters. The first-order valence-corrected chi connectivity index (χ1v) is 11.1. The van der Waals surface area contributed by atoms with Gasteiger partial charge in [-0.25, -0.2) is 0 Å². The van der Waals surface area contributed by atoms with Gasteiger partial charge >= 0.3 is 0 Å². The molecule has 1 heterocycles. The minimum absolute atomic E-state index is 0.128. The van der Waals surface area contributed by atoms with E-state index in [2.05, 4.69) is 86.5 Å². The summed E-state index contributed by atoms with van der Waals surface area (Å²) in [4.78, 5) is 5.42. The molecule has 0 saturated carbocycles. The molecule has 1 N–H and O–H groups in total. The van der Waals surface area contributed by atoms with E-state index in [0.29, 0.717) is 11.5 Å². The van der Waals surface area contributed by atoms with Gasteiger partial charge in [0.15, 0.2) is 0 Å². The average Bonchev–Trinajstić information content (AvgIpc) is 2.65. The molecule has 0 aromatic heterocycles. The Labute approximate surface area is 181 Å². The number of likely N-dealkylation sites (N-methyl/N-ethyl adjacent to an activating group) is 1. The molecule has 0 bridgehead atoms. The highest BCUT2D eigenvalue weighted by Crippen LogP contribution is 2.23. The second kappa shape index (κ2) is 10.5. The van der Waals surface area contributed by atoms with Crippen molar-refractivity contribution >= 4 is 23.7 Å². The first-order chi connectivity index (χ1) is 13.6. The predicted octanol–water partition coefficient (Wildman–Crippen LogP) is 4.52. The van der Waals surface area contributed by atoms with Gasteiger partial charge in [-0.15, -0.1) is 0 Å². The highest BCUT2D eigenvalue weighted by Gasteiger charge is 2.20. The molecule has 0 atom stereocenters. The Morgan fingerprint density at radius 3 is 2.31 bits per heavy atom. The molecular weight excluding hydrogens is 380 g/mol. The zero-order valence-corrected chi connectivity index (χ0v) is 19.6. The fraction of sp³-hybridized carbons (Fsp3) is 0.609. The maximum Gasteiger partial charge on any atom is 0.107 e.